The van der Waals surface area contributed by atoms with Crippen LogP contribution in [0.25, 0.3) is 11.1 Å². The molecule has 4 atom stereocenters. The fourth-order valence-corrected chi connectivity index (χ4v) is 6.87. The predicted octanol–water partition coefficient (Wildman–Crippen LogP) is 5.80. The average Bonchev–Trinajstić information content (AvgIpc) is 3.49. The van der Waals surface area contributed by atoms with E-state index in [4.69, 9.17) is 9.47 Å². The summed E-state index contributed by atoms with van der Waals surface area (Å²) in [4.78, 5) is 72.3. The Hall–Kier alpha value is -4.72. The van der Waals surface area contributed by atoms with Gasteiger partial charge in [-0.05, 0) is 83.9 Å². The predicted molar refractivity (Wildman–Crippen MR) is 210 cm³/mol. The molecular weight excluding hydrogens is 721 g/mol. The lowest BCUT2D eigenvalue weighted by Crippen LogP contribution is -2.60. The first-order valence-corrected chi connectivity index (χ1v) is 19.3. The number of hydrogen-bond acceptors (Lipinski definition) is 8. The summed E-state index contributed by atoms with van der Waals surface area (Å²) in [7, 11) is 0. The van der Waals surface area contributed by atoms with Gasteiger partial charge < -0.3 is 35.0 Å². The molecule has 308 valence electrons. The maximum Gasteiger partial charge on any atom is 0.411 e. The Kier molecular flexibility index (Phi) is 13.8. The quantitative estimate of drug-likeness (QED) is 0.288. The molecule has 0 bridgehead atoms. The second-order valence-corrected chi connectivity index (χ2v) is 17.9. The number of rotatable bonds is 9. The molecule has 4 rings (SSSR count). The van der Waals surface area contributed by atoms with E-state index >= 15 is 0 Å². The number of carbonyl (C=O) groups excluding carboxylic acids is 5. The van der Waals surface area contributed by atoms with Crippen molar-refractivity contribution in [1.82, 2.24) is 25.3 Å². The van der Waals surface area contributed by atoms with E-state index in [0.29, 0.717) is 37.1 Å². The molecule has 0 saturated carbocycles. The first-order chi connectivity index (χ1) is 25.9. The average molecular weight is 782 g/mol. The molecule has 2 aliphatic heterocycles. The van der Waals surface area contributed by atoms with Gasteiger partial charge in [-0.3, -0.25) is 19.3 Å². The molecule has 13 nitrogen and oxygen atoms in total. The van der Waals surface area contributed by atoms with Gasteiger partial charge in [0.1, 0.15) is 35.6 Å². The van der Waals surface area contributed by atoms with Crippen molar-refractivity contribution in [1.29, 1.82) is 0 Å². The normalized spacial score (nSPS) is 19.1. The zero-order chi connectivity index (χ0) is 41.7. The molecule has 0 spiro atoms. The molecule has 14 heteroatoms. The number of hydrogen-bond donors (Lipinski definition) is 3. The largest absolute Gasteiger partial charge is 0.444 e. The fraction of sp³-hybridized carbons (Fsp3) is 0.595. The summed E-state index contributed by atoms with van der Waals surface area (Å²) in [5, 5.41) is 16.5. The monoisotopic (exact) mass is 781 g/mol. The number of nitrogens with one attached hydrogen (secondary N) is 2. The van der Waals surface area contributed by atoms with Crippen molar-refractivity contribution in [2.45, 2.75) is 130 Å². The second kappa shape index (κ2) is 17.6. The first-order valence-electron chi connectivity index (χ1n) is 19.3. The van der Waals surface area contributed by atoms with Crippen LogP contribution in [0.3, 0.4) is 0 Å². The Bertz CT molecular complexity index is 1720. The summed E-state index contributed by atoms with van der Waals surface area (Å²) >= 11 is 0. The van der Waals surface area contributed by atoms with Gasteiger partial charge in [0.25, 0.3) is 0 Å². The van der Waals surface area contributed by atoms with Crippen molar-refractivity contribution in [3.63, 3.8) is 0 Å². The molecule has 5 amide bonds. The highest BCUT2D eigenvalue weighted by molar-refractivity contribution is 5.94. The number of aliphatic hydroxyl groups excluding tert-OH is 1. The third kappa shape index (κ3) is 11.9. The van der Waals surface area contributed by atoms with Crippen LogP contribution in [0, 0.1) is 11.2 Å². The van der Waals surface area contributed by atoms with Gasteiger partial charge in [0.2, 0.25) is 17.7 Å². The topological polar surface area (TPSA) is 158 Å². The number of carbonyl (C=O) groups is 5. The highest BCUT2D eigenvalue weighted by Crippen LogP contribution is 2.29. The van der Waals surface area contributed by atoms with Crippen LogP contribution in [0.4, 0.5) is 14.0 Å². The van der Waals surface area contributed by atoms with Crippen LogP contribution in [0.15, 0.2) is 48.5 Å². The first kappa shape index (κ1) is 44.0. The Morgan fingerprint density at radius 2 is 1.46 bits per heavy atom. The lowest BCUT2D eigenvalue weighted by atomic mass is 9.85. The highest BCUT2D eigenvalue weighted by Gasteiger charge is 2.45. The van der Waals surface area contributed by atoms with E-state index < -0.39 is 83.3 Å². The zero-order valence-corrected chi connectivity index (χ0v) is 34.5. The van der Waals surface area contributed by atoms with E-state index in [2.05, 4.69) is 10.6 Å². The van der Waals surface area contributed by atoms with E-state index in [1.165, 1.54) is 15.9 Å². The van der Waals surface area contributed by atoms with Gasteiger partial charge in [0.05, 0.1) is 12.1 Å². The minimum atomic E-state index is -1.12. The highest BCUT2D eigenvalue weighted by atomic mass is 19.1. The van der Waals surface area contributed by atoms with Crippen LogP contribution < -0.4 is 10.6 Å². The minimum absolute atomic E-state index is 0.00966. The Morgan fingerprint density at radius 1 is 0.875 bits per heavy atom. The molecular formula is C42H60FN5O8. The molecule has 2 fully saturated rings. The summed E-state index contributed by atoms with van der Waals surface area (Å²) in [6.07, 6.45) is -1.34. The minimum Gasteiger partial charge on any atom is -0.444 e. The number of halogens is 1. The van der Waals surface area contributed by atoms with E-state index in [9.17, 15) is 33.5 Å². The number of aliphatic hydroxyl groups is 1. The van der Waals surface area contributed by atoms with Gasteiger partial charge in [0.15, 0.2) is 0 Å². The lowest BCUT2D eigenvalue weighted by molar-refractivity contribution is -0.144. The number of nitrogens with zero attached hydrogens (tertiary/aromatic N) is 3. The molecule has 2 aromatic carbocycles. The fourth-order valence-electron chi connectivity index (χ4n) is 6.87. The standard InChI is InChI=1S/C42H60FN5O8/c1-26(27-15-17-28(18-16-27)31-13-11-12-14-32(31)43)44-36(51)33-23-30(49)24-48(33)37(52)35(40(2,3)4)45-34(50)25-47(39(54)56-42(8,9)10)29-19-21-46(22-20-29)38(53)55-41(5,6)7/h11-18,26,29-30,33,35,49H,19-25H2,1-10H3,(H,44,51)(H,45,50)/t26-,30+,33-,35+/m0/s1. The summed E-state index contributed by atoms with van der Waals surface area (Å²) in [6.45, 7) is 17.8. The van der Waals surface area contributed by atoms with Crippen molar-refractivity contribution in [3.8, 4) is 11.1 Å². The Labute approximate surface area is 330 Å². The second-order valence-electron chi connectivity index (χ2n) is 17.9. The molecule has 3 N–H and O–H groups in total. The van der Waals surface area contributed by atoms with Crippen LogP contribution >= 0.6 is 0 Å². The summed E-state index contributed by atoms with van der Waals surface area (Å²) < 4.78 is 25.5. The Balaban J connectivity index is 1.46. The van der Waals surface area contributed by atoms with Crippen LogP contribution in [-0.2, 0) is 23.9 Å². The van der Waals surface area contributed by atoms with Crippen LogP contribution in [0.2, 0.25) is 0 Å². The number of piperidine rings is 1. The van der Waals surface area contributed by atoms with Gasteiger partial charge in [-0.15, -0.1) is 0 Å². The molecule has 2 saturated heterocycles. The van der Waals surface area contributed by atoms with Crippen LogP contribution in [0.1, 0.15) is 100 Å². The van der Waals surface area contributed by atoms with E-state index in [1.54, 1.807) is 117 Å². The molecule has 2 aliphatic rings. The number of ether oxygens (including phenoxy) is 2. The molecule has 56 heavy (non-hydrogen) atoms. The van der Waals surface area contributed by atoms with E-state index in [0.717, 1.165) is 5.56 Å². The van der Waals surface area contributed by atoms with Crippen molar-refractivity contribution < 1.29 is 42.9 Å². The van der Waals surface area contributed by atoms with Gasteiger partial charge >= 0.3 is 12.2 Å². The van der Waals surface area contributed by atoms with Gasteiger partial charge in [0, 0.05) is 37.7 Å². The van der Waals surface area contributed by atoms with Crippen molar-refractivity contribution in [2.24, 2.45) is 5.41 Å². The molecule has 0 unspecified atom stereocenters. The summed E-state index contributed by atoms with van der Waals surface area (Å²) in [6, 6.07) is 10.6. The van der Waals surface area contributed by atoms with Gasteiger partial charge in [-0.1, -0.05) is 63.2 Å². The molecule has 0 radical (unpaired) electrons. The molecule has 0 aromatic heterocycles. The summed E-state index contributed by atoms with van der Waals surface area (Å²) in [5.41, 5.74) is -0.423. The number of β-amino-alcohol motifs (C(OH)–C–C–N with tert-alkyl or cyclic N) is 1. The van der Waals surface area contributed by atoms with Crippen molar-refractivity contribution >= 4 is 29.9 Å². The molecule has 2 aromatic rings. The number of benzene rings is 2. The third-order valence-electron chi connectivity index (χ3n) is 9.74. The molecule has 2 heterocycles. The zero-order valence-electron chi connectivity index (χ0n) is 34.5. The number of likely N-dealkylation sites (tertiary alicyclic amines) is 2. The smallest absolute Gasteiger partial charge is 0.411 e. The SMILES string of the molecule is C[C@H](NC(=O)[C@@H]1C[C@@H](O)CN1C(=O)[C@@H](NC(=O)CN(C(=O)OC(C)(C)C)C1CCN(C(=O)OC(C)(C)C)CC1)C(C)(C)C)c1ccc(-c2ccccc2F)cc1. The van der Waals surface area contributed by atoms with E-state index in [1.807, 2.05) is 0 Å². The van der Waals surface area contributed by atoms with Crippen molar-refractivity contribution in [3.05, 3.63) is 59.9 Å². The summed E-state index contributed by atoms with van der Waals surface area (Å²) in [5.74, 6) is -1.95. The van der Waals surface area contributed by atoms with Crippen molar-refractivity contribution in [2.75, 3.05) is 26.2 Å². The van der Waals surface area contributed by atoms with Crippen LogP contribution in [-0.4, -0.2) is 111 Å². The van der Waals surface area contributed by atoms with Crippen LogP contribution in [0.5, 0.6) is 0 Å². The van der Waals surface area contributed by atoms with Gasteiger partial charge in [-0.25, -0.2) is 14.0 Å². The van der Waals surface area contributed by atoms with E-state index in [-0.39, 0.29) is 18.8 Å². The number of amides is 5. The maximum absolute atomic E-state index is 14.3. The van der Waals surface area contributed by atoms with Gasteiger partial charge in [-0.2, -0.15) is 0 Å². The lowest BCUT2D eigenvalue weighted by Gasteiger charge is -2.39. The third-order valence-corrected chi connectivity index (χ3v) is 9.74. The molecule has 0 aliphatic carbocycles. The Morgan fingerprint density at radius 3 is 2.02 bits per heavy atom. The maximum atomic E-state index is 14.3.